The maximum absolute atomic E-state index is 12.8. The van der Waals surface area contributed by atoms with Gasteiger partial charge in [0.05, 0.1) is 0 Å². The predicted molar refractivity (Wildman–Crippen MR) is 266 cm³/mol. The SMILES string of the molecule is CCCCCCCC/C=C\CCCCCCCCCCCC(=O)OCC(COC(=O)CCCCCCCCCC)OC(=O)CCCCCCCCCCCCCCCCCCC. The summed E-state index contributed by atoms with van der Waals surface area (Å²) in [6.45, 7) is 6.65. The topological polar surface area (TPSA) is 78.9 Å². The Morgan fingerprint density at radius 3 is 0.806 bits per heavy atom. The molecule has 0 spiro atoms. The lowest BCUT2D eigenvalue weighted by molar-refractivity contribution is -0.167. The molecule has 0 amide bonds. The minimum atomic E-state index is -0.763. The minimum Gasteiger partial charge on any atom is -0.462 e. The van der Waals surface area contributed by atoms with Gasteiger partial charge in [-0.1, -0.05) is 258 Å². The summed E-state index contributed by atoms with van der Waals surface area (Å²) in [5, 5.41) is 0. The molecule has 1 atom stereocenters. The van der Waals surface area contributed by atoms with Crippen molar-refractivity contribution < 1.29 is 28.6 Å². The number of allylic oxidation sites excluding steroid dienone is 2. The lowest BCUT2D eigenvalue weighted by atomic mass is 10.0. The summed E-state index contributed by atoms with van der Waals surface area (Å²) in [7, 11) is 0. The fourth-order valence-corrected chi connectivity index (χ4v) is 8.32. The van der Waals surface area contributed by atoms with Crippen LogP contribution in [0.2, 0.25) is 0 Å². The second-order valence-electron chi connectivity index (χ2n) is 18.9. The number of carbonyl (C=O) groups excluding carboxylic acids is 3. The smallest absolute Gasteiger partial charge is 0.306 e. The van der Waals surface area contributed by atoms with Crippen molar-refractivity contribution in [2.75, 3.05) is 13.2 Å². The minimum absolute atomic E-state index is 0.0656. The molecule has 0 rings (SSSR count). The Kier molecular flexibility index (Phi) is 50.2. The molecule has 1 unspecified atom stereocenters. The lowest BCUT2D eigenvalue weighted by Gasteiger charge is -2.18. The van der Waals surface area contributed by atoms with Gasteiger partial charge in [0.25, 0.3) is 0 Å². The Labute approximate surface area is 386 Å². The van der Waals surface area contributed by atoms with E-state index in [1.165, 1.54) is 212 Å². The molecule has 0 fully saturated rings. The summed E-state index contributed by atoms with van der Waals surface area (Å²) in [5.74, 6) is -0.852. The van der Waals surface area contributed by atoms with E-state index in [-0.39, 0.29) is 31.1 Å². The first kappa shape index (κ1) is 60.2. The van der Waals surface area contributed by atoms with Crippen molar-refractivity contribution in [2.45, 2.75) is 316 Å². The van der Waals surface area contributed by atoms with Crippen LogP contribution in [0.4, 0.5) is 0 Å². The number of hydrogen-bond donors (Lipinski definition) is 0. The van der Waals surface area contributed by atoms with E-state index in [1.807, 2.05) is 0 Å². The molecule has 0 aliphatic heterocycles. The predicted octanol–water partition coefficient (Wildman–Crippen LogP) is 18.2. The second-order valence-corrected chi connectivity index (χ2v) is 18.9. The first-order chi connectivity index (χ1) is 30.5. The number of ether oxygens (including phenoxy) is 3. The molecule has 0 aliphatic rings. The Balaban J connectivity index is 4.20. The number of rotatable bonds is 51. The summed E-state index contributed by atoms with van der Waals surface area (Å²) in [5.41, 5.74) is 0. The molecule has 6 heteroatoms. The van der Waals surface area contributed by atoms with E-state index in [0.29, 0.717) is 19.3 Å². The van der Waals surface area contributed by atoms with Gasteiger partial charge in [0.15, 0.2) is 6.10 Å². The van der Waals surface area contributed by atoms with E-state index in [0.717, 1.165) is 57.8 Å². The zero-order valence-electron chi connectivity index (χ0n) is 41.9. The zero-order chi connectivity index (χ0) is 45.1. The molecular formula is C56H106O6. The van der Waals surface area contributed by atoms with Crippen molar-refractivity contribution in [3.05, 3.63) is 12.2 Å². The third-order valence-corrected chi connectivity index (χ3v) is 12.5. The van der Waals surface area contributed by atoms with Gasteiger partial charge < -0.3 is 14.2 Å². The molecule has 366 valence electrons. The van der Waals surface area contributed by atoms with Crippen molar-refractivity contribution in [1.82, 2.24) is 0 Å². The monoisotopic (exact) mass is 875 g/mol. The zero-order valence-corrected chi connectivity index (χ0v) is 41.9. The van der Waals surface area contributed by atoms with E-state index in [1.54, 1.807) is 0 Å². The molecule has 0 aromatic rings. The Morgan fingerprint density at radius 1 is 0.306 bits per heavy atom. The van der Waals surface area contributed by atoms with Gasteiger partial charge in [-0.2, -0.15) is 0 Å². The van der Waals surface area contributed by atoms with E-state index >= 15 is 0 Å². The van der Waals surface area contributed by atoms with Crippen LogP contribution in [-0.4, -0.2) is 37.2 Å². The average molecular weight is 875 g/mol. The number of unbranched alkanes of at least 4 members (excludes halogenated alkanes) is 38. The van der Waals surface area contributed by atoms with Crippen LogP contribution >= 0.6 is 0 Å². The molecule has 0 aliphatic carbocycles. The molecular weight excluding hydrogens is 769 g/mol. The third-order valence-electron chi connectivity index (χ3n) is 12.5. The van der Waals surface area contributed by atoms with Crippen LogP contribution in [0.1, 0.15) is 310 Å². The molecule has 0 radical (unpaired) electrons. The Morgan fingerprint density at radius 2 is 0.532 bits per heavy atom. The van der Waals surface area contributed by atoms with Gasteiger partial charge >= 0.3 is 17.9 Å². The fourth-order valence-electron chi connectivity index (χ4n) is 8.32. The number of carbonyl (C=O) groups is 3. The third kappa shape index (κ3) is 49.2. The molecule has 0 saturated carbocycles. The maximum atomic E-state index is 12.8. The Bertz CT molecular complexity index is 962. The maximum Gasteiger partial charge on any atom is 0.306 e. The van der Waals surface area contributed by atoms with Gasteiger partial charge in [0.1, 0.15) is 13.2 Å². The first-order valence-electron chi connectivity index (χ1n) is 27.7. The highest BCUT2D eigenvalue weighted by atomic mass is 16.6. The van der Waals surface area contributed by atoms with Gasteiger partial charge in [-0.05, 0) is 44.9 Å². The molecule has 0 bridgehead atoms. The van der Waals surface area contributed by atoms with Gasteiger partial charge in [-0.15, -0.1) is 0 Å². The van der Waals surface area contributed by atoms with Gasteiger partial charge in [0.2, 0.25) is 0 Å². The van der Waals surface area contributed by atoms with Gasteiger partial charge in [-0.3, -0.25) is 14.4 Å². The van der Waals surface area contributed by atoms with E-state index in [4.69, 9.17) is 14.2 Å². The summed E-state index contributed by atoms with van der Waals surface area (Å²) in [4.78, 5) is 37.9. The summed E-state index contributed by atoms with van der Waals surface area (Å²) < 4.78 is 16.8. The molecule has 0 N–H and O–H groups in total. The van der Waals surface area contributed by atoms with Crippen molar-refractivity contribution in [3.8, 4) is 0 Å². The van der Waals surface area contributed by atoms with Crippen LogP contribution in [0.5, 0.6) is 0 Å². The molecule has 6 nitrogen and oxygen atoms in total. The highest BCUT2D eigenvalue weighted by Gasteiger charge is 2.19. The summed E-state index contributed by atoms with van der Waals surface area (Å²) in [6, 6.07) is 0. The molecule has 0 saturated heterocycles. The first-order valence-corrected chi connectivity index (χ1v) is 27.7. The fraction of sp³-hybridized carbons (Fsp3) is 0.911. The van der Waals surface area contributed by atoms with Crippen LogP contribution in [0.15, 0.2) is 12.2 Å². The van der Waals surface area contributed by atoms with E-state index < -0.39 is 6.10 Å². The highest BCUT2D eigenvalue weighted by Crippen LogP contribution is 2.17. The molecule has 62 heavy (non-hydrogen) atoms. The summed E-state index contributed by atoms with van der Waals surface area (Å²) >= 11 is 0. The second kappa shape index (κ2) is 51.8. The quantitative estimate of drug-likeness (QED) is 0.0262. The van der Waals surface area contributed by atoms with Crippen LogP contribution in [-0.2, 0) is 28.6 Å². The lowest BCUT2D eigenvalue weighted by Crippen LogP contribution is -2.30. The van der Waals surface area contributed by atoms with E-state index in [9.17, 15) is 14.4 Å². The van der Waals surface area contributed by atoms with Crippen LogP contribution in [0.25, 0.3) is 0 Å². The standard InChI is InChI=1S/C56H106O6/c1-4-7-10-13-16-19-21-23-25-27-28-30-31-33-35-37-40-43-46-49-55(58)61-52-53(51-60-54(57)48-45-42-39-18-15-12-9-6-3)62-56(59)50-47-44-41-38-36-34-32-29-26-24-22-20-17-14-11-8-5-2/h23,25,53H,4-22,24,26-52H2,1-3H3/b25-23-. The van der Waals surface area contributed by atoms with Crippen molar-refractivity contribution in [3.63, 3.8) is 0 Å². The van der Waals surface area contributed by atoms with Crippen LogP contribution in [0.3, 0.4) is 0 Å². The molecule has 0 heterocycles. The van der Waals surface area contributed by atoms with Gasteiger partial charge in [-0.25, -0.2) is 0 Å². The average Bonchev–Trinajstić information content (AvgIpc) is 3.27. The normalized spacial score (nSPS) is 12.0. The van der Waals surface area contributed by atoms with E-state index in [2.05, 4.69) is 32.9 Å². The van der Waals surface area contributed by atoms with Crippen molar-refractivity contribution in [1.29, 1.82) is 0 Å². The largest absolute Gasteiger partial charge is 0.462 e. The van der Waals surface area contributed by atoms with Gasteiger partial charge in [0, 0.05) is 19.3 Å². The van der Waals surface area contributed by atoms with Crippen LogP contribution < -0.4 is 0 Å². The van der Waals surface area contributed by atoms with Crippen molar-refractivity contribution in [2.24, 2.45) is 0 Å². The van der Waals surface area contributed by atoms with Crippen molar-refractivity contribution >= 4 is 17.9 Å². The Hall–Kier alpha value is -1.85. The summed E-state index contributed by atoms with van der Waals surface area (Å²) in [6.07, 6.45) is 57.8. The molecule has 0 aromatic heterocycles. The number of esters is 3. The number of hydrogen-bond acceptors (Lipinski definition) is 6. The molecule has 0 aromatic carbocycles. The highest BCUT2D eigenvalue weighted by molar-refractivity contribution is 5.71. The van der Waals surface area contributed by atoms with Crippen LogP contribution in [0, 0.1) is 0 Å².